The Bertz CT molecular complexity index is 923. The highest BCUT2D eigenvalue weighted by Gasteiger charge is 2.21. The summed E-state index contributed by atoms with van der Waals surface area (Å²) in [6.07, 6.45) is 0.884. The van der Waals surface area contributed by atoms with E-state index in [1.54, 1.807) is 48.5 Å². The molecule has 0 radical (unpaired) electrons. The lowest BCUT2D eigenvalue weighted by molar-refractivity contribution is 0.0777. The largest absolute Gasteiger partial charge is 0.482 e. The fourth-order valence-corrected chi connectivity index (χ4v) is 2.90. The van der Waals surface area contributed by atoms with Gasteiger partial charge in [0.2, 0.25) is 5.78 Å². The monoisotopic (exact) mass is 373 g/mol. The highest BCUT2D eigenvalue weighted by molar-refractivity contribution is 6.04. The topological polar surface area (TPSA) is 55.4 Å². The van der Waals surface area contributed by atoms with Crippen LogP contribution in [0.25, 0.3) is 0 Å². The number of carbonyl (C=O) groups is 2. The quantitative estimate of drug-likeness (QED) is 0.540. The first-order chi connectivity index (χ1) is 13.7. The molecular formula is C24H23NO3. The van der Waals surface area contributed by atoms with Crippen molar-refractivity contribution in [2.45, 2.75) is 25.9 Å². The molecule has 0 saturated heterocycles. The van der Waals surface area contributed by atoms with Gasteiger partial charge in [0, 0.05) is 22.9 Å². The summed E-state index contributed by atoms with van der Waals surface area (Å²) in [4.78, 5) is 25.1. The summed E-state index contributed by atoms with van der Waals surface area (Å²) in [6, 6.07) is 25.3. The summed E-state index contributed by atoms with van der Waals surface area (Å²) in [7, 11) is 0. The van der Waals surface area contributed by atoms with Crippen molar-refractivity contribution >= 4 is 17.4 Å². The first kappa shape index (κ1) is 19.4. The minimum atomic E-state index is -0.563. The van der Waals surface area contributed by atoms with Gasteiger partial charge in [-0.15, -0.1) is 0 Å². The van der Waals surface area contributed by atoms with E-state index in [9.17, 15) is 9.59 Å². The van der Waals surface area contributed by atoms with Gasteiger partial charge in [-0.2, -0.15) is 0 Å². The zero-order valence-corrected chi connectivity index (χ0v) is 15.8. The van der Waals surface area contributed by atoms with Crippen LogP contribution in [0.5, 0.6) is 5.75 Å². The molecule has 0 aromatic heterocycles. The molecule has 3 aromatic rings. The van der Waals surface area contributed by atoms with Crippen LogP contribution in [0.2, 0.25) is 0 Å². The molecule has 0 aliphatic rings. The number of anilines is 1. The predicted molar refractivity (Wildman–Crippen MR) is 111 cm³/mol. The van der Waals surface area contributed by atoms with Crippen molar-refractivity contribution in [3.8, 4) is 5.75 Å². The number of rotatable bonds is 8. The van der Waals surface area contributed by atoms with Crippen LogP contribution in [0, 0.1) is 0 Å². The van der Waals surface area contributed by atoms with Gasteiger partial charge in [-0.25, -0.2) is 0 Å². The molecule has 3 aromatic carbocycles. The van der Waals surface area contributed by atoms with Crippen molar-refractivity contribution < 1.29 is 14.3 Å². The summed E-state index contributed by atoms with van der Waals surface area (Å²) in [6.45, 7) is 2.02. The van der Waals surface area contributed by atoms with Crippen molar-refractivity contribution in [2.75, 3.05) is 5.32 Å². The normalized spacial score (nSPS) is 11.5. The van der Waals surface area contributed by atoms with E-state index in [0.29, 0.717) is 29.0 Å². The summed E-state index contributed by atoms with van der Waals surface area (Å²) in [5.41, 5.74) is 1.83. The maximum Gasteiger partial charge on any atom is 0.255 e. The summed E-state index contributed by atoms with van der Waals surface area (Å²) < 4.78 is 6.00. The molecule has 1 atom stereocenters. The van der Waals surface area contributed by atoms with Gasteiger partial charge in [-0.05, 0) is 30.7 Å². The van der Waals surface area contributed by atoms with Crippen molar-refractivity contribution in [2.24, 2.45) is 0 Å². The maximum absolute atomic E-state index is 12.8. The van der Waals surface area contributed by atoms with Crippen LogP contribution < -0.4 is 10.1 Å². The molecule has 1 amide bonds. The van der Waals surface area contributed by atoms with Crippen LogP contribution in [0.1, 0.15) is 40.5 Å². The van der Waals surface area contributed by atoms with Gasteiger partial charge < -0.3 is 10.1 Å². The highest BCUT2D eigenvalue weighted by atomic mass is 16.5. The molecule has 28 heavy (non-hydrogen) atoms. The Balaban J connectivity index is 1.73. The van der Waals surface area contributed by atoms with Gasteiger partial charge in [0.1, 0.15) is 5.75 Å². The van der Waals surface area contributed by atoms with Gasteiger partial charge in [0.25, 0.3) is 5.91 Å². The SMILES string of the molecule is CCCC(Oc1cccc(NC(=O)c2ccccc2)c1)C(=O)c1ccccc1. The van der Waals surface area contributed by atoms with E-state index in [0.717, 1.165) is 6.42 Å². The Labute approximate surface area is 165 Å². The van der Waals surface area contributed by atoms with Gasteiger partial charge in [0.05, 0.1) is 0 Å². The van der Waals surface area contributed by atoms with E-state index in [4.69, 9.17) is 4.74 Å². The predicted octanol–water partition coefficient (Wildman–Crippen LogP) is 5.37. The Morgan fingerprint density at radius 1 is 0.857 bits per heavy atom. The third-order valence-corrected chi connectivity index (χ3v) is 4.31. The maximum atomic E-state index is 12.8. The second kappa shape index (κ2) is 9.51. The third-order valence-electron chi connectivity index (χ3n) is 4.31. The highest BCUT2D eigenvalue weighted by Crippen LogP contribution is 2.22. The van der Waals surface area contributed by atoms with Gasteiger partial charge >= 0.3 is 0 Å². The zero-order chi connectivity index (χ0) is 19.8. The molecule has 0 spiro atoms. The van der Waals surface area contributed by atoms with E-state index in [1.165, 1.54) is 0 Å². The summed E-state index contributed by atoms with van der Waals surface area (Å²) in [5, 5.41) is 2.86. The number of Topliss-reactive ketones (excluding diaryl/α,β-unsaturated/α-hetero) is 1. The average molecular weight is 373 g/mol. The third kappa shape index (κ3) is 5.07. The van der Waals surface area contributed by atoms with Crippen LogP contribution in [-0.2, 0) is 0 Å². The summed E-state index contributed by atoms with van der Waals surface area (Å²) in [5.74, 6) is 0.318. The summed E-state index contributed by atoms with van der Waals surface area (Å²) >= 11 is 0. The average Bonchev–Trinajstić information content (AvgIpc) is 2.74. The zero-order valence-electron chi connectivity index (χ0n) is 15.8. The van der Waals surface area contributed by atoms with Crippen LogP contribution in [0.15, 0.2) is 84.9 Å². The van der Waals surface area contributed by atoms with Crippen molar-refractivity contribution in [3.63, 3.8) is 0 Å². The number of nitrogens with one attached hydrogen (secondary N) is 1. The molecule has 3 rings (SSSR count). The number of hydrogen-bond acceptors (Lipinski definition) is 3. The lowest BCUT2D eigenvalue weighted by atomic mass is 10.0. The van der Waals surface area contributed by atoms with Gasteiger partial charge in [-0.3, -0.25) is 9.59 Å². The Morgan fingerprint density at radius 3 is 2.14 bits per heavy atom. The fraction of sp³-hybridized carbons (Fsp3) is 0.167. The number of benzene rings is 3. The number of hydrogen-bond donors (Lipinski definition) is 1. The Kier molecular flexibility index (Phi) is 6.58. The lowest BCUT2D eigenvalue weighted by Gasteiger charge is -2.18. The molecule has 4 heteroatoms. The van der Waals surface area contributed by atoms with E-state index in [-0.39, 0.29) is 11.7 Å². The number of ether oxygens (including phenoxy) is 1. The molecule has 0 aliphatic heterocycles. The molecule has 0 bridgehead atoms. The van der Waals surface area contributed by atoms with Crippen molar-refractivity contribution in [3.05, 3.63) is 96.1 Å². The second-order valence-corrected chi connectivity index (χ2v) is 6.47. The second-order valence-electron chi connectivity index (χ2n) is 6.47. The number of carbonyl (C=O) groups excluding carboxylic acids is 2. The molecule has 0 heterocycles. The van der Waals surface area contributed by atoms with Crippen LogP contribution >= 0.6 is 0 Å². The van der Waals surface area contributed by atoms with Gasteiger partial charge in [-0.1, -0.05) is 67.9 Å². The van der Waals surface area contributed by atoms with E-state index in [1.807, 2.05) is 43.3 Å². The fourth-order valence-electron chi connectivity index (χ4n) is 2.90. The first-order valence-corrected chi connectivity index (χ1v) is 9.39. The van der Waals surface area contributed by atoms with E-state index >= 15 is 0 Å². The minimum absolute atomic E-state index is 0.0406. The van der Waals surface area contributed by atoms with Crippen LogP contribution in [0.3, 0.4) is 0 Å². The number of ketones is 1. The Morgan fingerprint density at radius 2 is 1.50 bits per heavy atom. The standard InChI is InChI=1S/C24H23NO3/c1-2-10-22(23(26)18-11-5-3-6-12-18)28-21-16-9-15-20(17-21)25-24(27)19-13-7-4-8-14-19/h3-9,11-17,22H,2,10H2,1H3,(H,25,27). The molecule has 0 saturated carbocycles. The van der Waals surface area contributed by atoms with Crippen molar-refractivity contribution in [1.29, 1.82) is 0 Å². The first-order valence-electron chi connectivity index (χ1n) is 9.39. The molecule has 1 unspecified atom stereocenters. The minimum Gasteiger partial charge on any atom is -0.482 e. The van der Waals surface area contributed by atoms with E-state index < -0.39 is 6.10 Å². The Hall–Kier alpha value is -3.40. The molecule has 0 aliphatic carbocycles. The lowest BCUT2D eigenvalue weighted by Crippen LogP contribution is -2.27. The van der Waals surface area contributed by atoms with Crippen molar-refractivity contribution in [1.82, 2.24) is 0 Å². The van der Waals surface area contributed by atoms with Crippen LogP contribution in [0.4, 0.5) is 5.69 Å². The van der Waals surface area contributed by atoms with Crippen LogP contribution in [-0.4, -0.2) is 17.8 Å². The smallest absolute Gasteiger partial charge is 0.255 e. The molecule has 1 N–H and O–H groups in total. The van der Waals surface area contributed by atoms with E-state index in [2.05, 4.69) is 5.32 Å². The molecule has 142 valence electrons. The number of amides is 1. The van der Waals surface area contributed by atoms with Gasteiger partial charge in [0.15, 0.2) is 6.10 Å². The molecular weight excluding hydrogens is 350 g/mol. The molecule has 0 fully saturated rings. The molecule has 4 nitrogen and oxygen atoms in total.